The summed E-state index contributed by atoms with van der Waals surface area (Å²) in [5, 5.41) is 3.31. The van der Waals surface area contributed by atoms with Gasteiger partial charge in [-0.3, -0.25) is 14.5 Å². The number of anilines is 1. The normalized spacial score (nSPS) is 12.9. The van der Waals surface area contributed by atoms with E-state index in [-0.39, 0.29) is 23.7 Å². The minimum atomic E-state index is -0.373. The zero-order valence-corrected chi connectivity index (χ0v) is 21.4. The van der Waals surface area contributed by atoms with Gasteiger partial charge in [-0.2, -0.15) is 0 Å². The Bertz CT molecular complexity index is 1710. The number of benzene rings is 3. The molecule has 0 bridgehead atoms. The van der Waals surface area contributed by atoms with Gasteiger partial charge in [-0.25, -0.2) is 14.4 Å². The first-order chi connectivity index (χ1) is 18.9. The molecular weight excluding hydrogens is 495 g/mol. The third-order valence-corrected chi connectivity index (χ3v) is 6.94. The molecule has 0 spiro atoms. The lowest BCUT2D eigenvalue weighted by Gasteiger charge is -2.20. The van der Waals surface area contributed by atoms with E-state index in [9.17, 15) is 14.0 Å². The summed E-state index contributed by atoms with van der Waals surface area (Å²) in [7, 11) is 1.56. The highest BCUT2D eigenvalue weighted by Gasteiger charge is 2.36. The summed E-state index contributed by atoms with van der Waals surface area (Å²) in [6.45, 7) is 1.98. The molecule has 0 saturated heterocycles. The number of halogens is 1. The van der Waals surface area contributed by atoms with E-state index >= 15 is 0 Å². The summed E-state index contributed by atoms with van der Waals surface area (Å²) in [6, 6.07) is 18.9. The van der Waals surface area contributed by atoms with Gasteiger partial charge in [0.05, 0.1) is 5.56 Å². The highest BCUT2D eigenvalue weighted by atomic mass is 19.1. The maximum absolute atomic E-state index is 13.7. The monoisotopic (exact) mass is 520 g/mol. The van der Waals surface area contributed by atoms with Crippen molar-refractivity contribution in [3.63, 3.8) is 0 Å². The lowest BCUT2D eigenvalue weighted by atomic mass is 9.95. The van der Waals surface area contributed by atoms with Gasteiger partial charge in [-0.1, -0.05) is 12.1 Å². The molecule has 0 radical (unpaired) electrons. The third kappa shape index (κ3) is 4.54. The van der Waals surface area contributed by atoms with E-state index in [1.54, 1.807) is 42.5 Å². The van der Waals surface area contributed by atoms with E-state index in [2.05, 4.69) is 15.3 Å². The number of nitrogens with zero attached hydrogens (tertiary/aromatic N) is 3. The molecule has 5 aromatic rings. The van der Waals surface area contributed by atoms with Crippen LogP contribution in [0.4, 0.5) is 10.3 Å². The number of aromatic nitrogens is 2. The molecule has 3 aromatic carbocycles. The van der Waals surface area contributed by atoms with E-state index in [0.717, 1.165) is 29.5 Å². The van der Waals surface area contributed by atoms with E-state index in [4.69, 9.17) is 4.42 Å². The zero-order chi connectivity index (χ0) is 27.1. The number of hydrogen-bond acceptors (Lipinski definition) is 5. The van der Waals surface area contributed by atoms with E-state index < -0.39 is 0 Å². The zero-order valence-electron chi connectivity index (χ0n) is 21.4. The van der Waals surface area contributed by atoms with Crippen LogP contribution in [0.5, 0.6) is 0 Å². The van der Waals surface area contributed by atoms with E-state index in [1.165, 1.54) is 12.1 Å². The van der Waals surface area contributed by atoms with Gasteiger partial charge in [0, 0.05) is 42.0 Å². The fourth-order valence-corrected chi connectivity index (χ4v) is 4.79. The number of amides is 2. The van der Waals surface area contributed by atoms with Gasteiger partial charge in [-0.05, 0) is 91.1 Å². The van der Waals surface area contributed by atoms with E-state index in [1.807, 2.05) is 43.3 Å². The maximum atomic E-state index is 13.7. The summed E-state index contributed by atoms with van der Waals surface area (Å²) < 4.78 is 19.6. The molecule has 0 unspecified atom stereocenters. The number of carbonyl (C=O) groups excluding carboxylic acids is 2. The molecule has 0 atom stereocenters. The molecule has 0 aliphatic heterocycles. The standard InChI is InChI=1S/C31H25FN4O3/c1-18-4-5-21(30(38)36(23-11-12-23)31-34-14-3-15-35-31)17-24(18)20-8-13-26-25(16-20)27(29(37)33-2)28(39-26)19-6-9-22(32)10-7-19/h3-10,13-17,23H,11-12H2,1-2H3,(H,33,37). The van der Waals surface area contributed by atoms with Crippen LogP contribution in [-0.4, -0.2) is 34.9 Å². The largest absolute Gasteiger partial charge is 0.455 e. The molecule has 1 fully saturated rings. The highest BCUT2D eigenvalue weighted by Crippen LogP contribution is 2.37. The topological polar surface area (TPSA) is 88.3 Å². The van der Waals surface area contributed by atoms with Crippen molar-refractivity contribution >= 4 is 28.7 Å². The summed E-state index contributed by atoms with van der Waals surface area (Å²) in [5.74, 6) is -0.0732. The van der Waals surface area contributed by atoms with Crippen LogP contribution < -0.4 is 10.2 Å². The van der Waals surface area contributed by atoms with Crippen LogP contribution in [0.15, 0.2) is 83.5 Å². The van der Waals surface area contributed by atoms with Gasteiger partial charge in [0.1, 0.15) is 17.2 Å². The molecule has 1 N–H and O–H groups in total. The molecule has 6 rings (SSSR count). The van der Waals surface area contributed by atoms with Gasteiger partial charge in [0.25, 0.3) is 11.8 Å². The summed E-state index contributed by atoms with van der Waals surface area (Å²) in [4.78, 5) is 36.9. The molecule has 1 aliphatic rings. The molecule has 194 valence electrons. The number of nitrogens with one attached hydrogen (secondary N) is 1. The van der Waals surface area contributed by atoms with Crippen molar-refractivity contribution in [2.45, 2.75) is 25.8 Å². The minimum Gasteiger partial charge on any atom is -0.455 e. The molecule has 2 aromatic heterocycles. The van der Waals surface area contributed by atoms with Crippen LogP contribution in [0.1, 0.15) is 39.1 Å². The Morgan fingerprint density at radius 3 is 2.38 bits per heavy atom. The van der Waals surface area contributed by atoms with Crippen LogP contribution in [0.2, 0.25) is 0 Å². The summed E-state index contributed by atoms with van der Waals surface area (Å²) >= 11 is 0. The maximum Gasteiger partial charge on any atom is 0.260 e. The van der Waals surface area contributed by atoms with Crippen molar-refractivity contribution in [3.8, 4) is 22.5 Å². The van der Waals surface area contributed by atoms with E-state index in [0.29, 0.717) is 39.4 Å². The molecule has 1 saturated carbocycles. The van der Waals surface area contributed by atoms with Crippen molar-refractivity contribution in [2.24, 2.45) is 0 Å². The van der Waals surface area contributed by atoms with Crippen LogP contribution in [0.3, 0.4) is 0 Å². The lowest BCUT2D eigenvalue weighted by Crippen LogP contribution is -2.34. The molecule has 2 heterocycles. The fourth-order valence-electron chi connectivity index (χ4n) is 4.79. The number of rotatable bonds is 6. The van der Waals surface area contributed by atoms with Crippen LogP contribution in [-0.2, 0) is 0 Å². The molecular formula is C31H25FN4O3. The van der Waals surface area contributed by atoms with Crippen LogP contribution in [0.25, 0.3) is 33.4 Å². The van der Waals surface area contributed by atoms with Gasteiger partial charge in [0.2, 0.25) is 5.95 Å². The average Bonchev–Trinajstić information content (AvgIpc) is 3.72. The molecule has 7 nitrogen and oxygen atoms in total. The van der Waals surface area contributed by atoms with Gasteiger partial charge in [-0.15, -0.1) is 0 Å². The number of fused-ring (bicyclic) bond motifs is 1. The molecule has 2 amide bonds. The number of furan rings is 1. The van der Waals surface area contributed by atoms with Gasteiger partial charge >= 0.3 is 0 Å². The average molecular weight is 521 g/mol. The summed E-state index contributed by atoms with van der Waals surface area (Å²) in [6.07, 6.45) is 5.10. The Hall–Kier alpha value is -4.85. The SMILES string of the molecule is CNC(=O)c1c(-c2ccc(F)cc2)oc2ccc(-c3cc(C(=O)N(c4ncccn4)C4CC4)ccc3C)cc12. The van der Waals surface area contributed by atoms with Crippen molar-refractivity contribution in [2.75, 3.05) is 11.9 Å². The second-order valence-electron chi connectivity index (χ2n) is 9.59. The van der Waals surface area contributed by atoms with Crippen molar-refractivity contribution in [3.05, 3.63) is 102 Å². The van der Waals surface area contributed by atoms with Crippen LogP contribution in [0, 0.1) is 12.7 Å². The number of hydrogen-bond donors (Lipinski definition) is 1. The molecule has 39 heavy (non-hydrogen) atoms. The second-order valence-corrected chi connectivity index (χ2v) is 9.59. The minimum absolute atomic E-state index is 0.0898. The second kappa shape index (κ2) is 9.79. The Labute approximate surface area is 224 Å². The third-order valence-electron chi connectivity index (χ3n) is 6.94. The predicted octanol–water partition coefficient (Wildman–Crippen LogP) is 6.17. The first-order valence-corrected chi connectivity index (χ1v) is 12.7. The first kappa shape index (κ1) is 24.5. The Balaban J connectivity index is 1.44. The highest BCUT2D eigenvalue weighted by molar-refractivity contribution is 6.12. The quantitative estimate of drug-likeness (QED) is 0.289. The Morgan fingerprint density at radius 1 is 0.974 bits per heavy atom. The Kier molecular flexibility index (Phi) is 6.15. The smallest absolute Gasteiger partial charge is 0.260 e. The Morgan fingerprint density at radius 2 is 1.69 bits per heavy atom. The molecule has 1 aliphatic carbocycles. The van der Waals surface area contributed by atoms with Gasteiger partial charge in [0.15, 0.2) is 0 Å². The van der Waals surface area contributed by atoms with Gasteiger partial charge < -0.3 is 9.73 Å². The summed E-state index contributed by atoms with van der Waals surface area (Å²) in [5.41, 5.74) is 4.69. The number of aryl methyl sites for hydroxylation is 1. The molecule has 8 heteroatoms. The van der Waals surface area contributed by atoms with Crippen LogP contribution >= 0.6 is 0 Å². The fraction of sp³-hybridized carbons (Fsp3) is 0.161. The van der Waals surface area contributed by atoms with Crippen molar-refractivity contribution in [1.82, 2.24) is 15.3 Å². The lowest BCUT2D eigenvalue weighted by molar-refractivity contribution is 0.0961. The number of carbonyl (C=O) groups is 2. The predicted molar refractivity (Wildman–Crippen MR) is 147 cm³/mol. The first-order valence-electron chi connectivity index (χ1n) is 12.7. The van der Waals surface area contributed by atoms with Crippen molar-refractivity contribution in [1.29, 1.82) is 0 Å². The van der Waals surface area contributed by atoms with Crippen molar-refractivity contribution < 1.29 is 18.4 Å².